The molecule has 0 saturated heterocycles. The number of hydrogen-bond acceptors (Lipinski definition) is 6. The Labute approximate surface area is 191 Å². The van der Waals surface area contributed by atoms with E-state index >= 15 is 0 Å². The molecule has 8 nitrogen and oxygen atoms in total. The van der Waals surface area contributed by atoms with Crippen LogP contribution >= 0.6 is 0 Å². The molecule has 0 bridgehead atoms. The van der Waals surface area contributed by atoms with Gasteiger partial charge >= 0.3 is 5.97 Å². The highest BCUT2D eigenvalue weighted by molar-refractivity contribution is 6.30. The molecule has 0 aromatic heterocycles. The number of esters is 1. The van der Waals surface area contributed by atoms with E-state index in [1.54, 1.807) is 30.3 Å². The summed E-state index contributed by atoms with van der Waals surface area (Å²) in [5, 5.41) is 5.04. The van der Waals surface area contributed by atoms with Gasteiger partial charge in [-0.25, -0.2) is 0 Å². The lowest BCUT2D eigenvalue weighted by molar-refractivity contribution is -0.152. The lowest BCUT2D eigenvalue weighted by atomic mass is 9.83. The first-order chi connectivity index (χ1) is 15.7. The third kappa shape index (κ3) is 5.52. The Kier molecular flexibility index (Phi) is 7.37. The van der Waals surface area contributed by atoms with Crippen molar-refractivity contribution in [1.29, 1.82) is 0 Å². The minimum atomic E-state index is -1.18. The van der Waals surface area contributed by atoms with Crippen molar-refractivity contribution in [1.82, 2.24) is 5.32 Å². The number of anilines is 1. The van der Waals surface area contributed by atoms with E-state index in [1.807, 2.05) is 13.8 Å². The molecule has 1 atom stereocenters. The molecule has 1 unspecified atom stereocenters. The Morgan fingerprint density at radius 3 is 2.18 bits per heavy atom. The highest BCUT2D eigenvalue weighted by atomic mass is 16.5. The Hall–Kier alpha value is -3.81. The number of hydrogen-bond donors (Lipinski definition) is 2. The summed E-state index contributed by atoms with van der Waals surface area (Å²) in [4.78, 5) is 62.2. The number of nitrogens with one attached hydrogen (secondary N) is 2. The molecule has 2 aromatic rings. The van der Waals surface area contributed by atoms with Gasteiger partial charge in [0, 0.05) is 23.1 Å². The topological polar surface area (TPSA) is 119 Å². The van der Waals surface area contributed by atoms with Crippen LogP contribution in [0.25, 0.3) is 0 Å². The second-order valence-corrected chi connectivity index (χ2v) is 8.26. The van der Waals surface area contributed by atoms with Crippen molar-refractivity contribution in [2.24, 2.45) is 5.92 Å². The minimum Gasteiger partial charge on any atom is -0.451 e. The molecule has 0 radical (unpaired) electrons. The van der Waals surface area contributed by atoms with Crippen LogP contribution in [0.15, 0.2) is 42.5 Å². The summed E-state index contributed by atoms with van der Waals surface area (Å²) in [6, 6.07) is 11.1. The molecule has 8 heteroatoms. The maximum absolute atomic E-state index is 13.0. The van der Waals surface area contributed by atoms with Crippen LogP contribution in [0.1, 0.15) is 65.5 Å². The molecule has 0 saturated carbocycles. The van der Waals surface area contributed by atoms with Gasteiger partial charge in [0.2, 0.25) is 5.91 Å². The number of ketones is 2. The Morgan fingerprint density at radius 2 is 1.52 bits per heavy atom. The fourth-order valence-corrected chi connectivity index (χ4v) is 3.45. The van der Waals surface area contributed by atoms with Crippen LogP contribution < -0.4 is 10.6 Å². The summed E-state index contributed by atoms with van der Waals surface area (Å²) in [6.45, 7) is 5.02. The van der Waals surface area contributed by atoms with E-state index in [2.05, 4.69) is 10.6 Å². The van der Waals surface area contributed by atoms with Crippen LogP contribution in [0.3, 0.4) is 0 Å². The van der Waals surface area contributed by atoms with Gasteiger partial charge in [0.15, 0.2) is 17.7 Å². The van der Waals surface area contributed by atoms with Gasteiger partial charge in [-0.1, -0.05) is 50.2 Å². The van der Waals surface area contributed by atoms with E-state index in [4.69, 9.17) is 4.74 Å². The first-order valence-electron chi connectivity index (χ1n) is 10.8. The van der Waals surface area contributed by atoms with Crippen molar-refractivity contribution in [3.8, 4) is 0 Å². The Morgan fingerprint density at radius 1 is 0.879 bits per heavy atom. The zero-order valence-electron chi connectivity index (χ0n) is 18.8. The quantitative estimate of drug-likeness (QED) is 0.510. The summed E-state index contributed by atoms with van der Waals surface area (Å²) in [5.74, 6) is -2.00. The number of amides is 2. The molecule has 172 valence electrons. The highest BCUT2D eigenvalue weighted by Crippen LogP contribution is 2.32. The number of rotatable bonds is 8. The van der Waals surface area contributed by atoms with E-state index in [1.165, 1.54) is 19.1 Å². The molecule has 2 amide bonds. The van der Waals surface area contributed by atoms with Gasteiger partial charge in [0.1, 0.15) is 6.54 Å². The average Bonchev–Trinajstić information content (AvgIpc) is 2.79. The van der Waals surface area contributed by atoms with Gasteiger partial charge in [0.05, 0.1) is 11.3 Å². The van der Waals surface area contributed by atoms with Gasteiger partial charge in [-0.05, 0) is 25.3 Å². The summed E-state index contributed by atoms with van der Waals surface area (Å²) >= 11 is 0. The molecular weight excluding hydrogens is 424 g/mol. The second-order valence-electron chi connectivity index (χ2n) is 8.26. The van der Waals surface area contributed by atoms with Crippen molar-refractivity contribution in [3.05, 3.63) is 64.7 Å². The van der Waals surface area contributed by atoms with Gasteiger partial charge in [-0.15, -0.1) is 0 Å². The molecule has 1 aliphatic rings. The van der Waals surface area contributed by atoms with Crippen LogP contribution in [0.4, 0.5) is 5.69 Å². The predicted molar refractivity (Wildman–Crippen MR) is 121 cm³/mol. The van der Waals surface area contributed by atoms with Crippen LogP contribution in [-0.2, 0) is 19.1 Å². The molecule has 3 rings (SSSR count). The molecule has 2 aromatic carbocycles. The summed E-state index contributed by atoms with van der Waals surface area (Å²) in [7, 11) is 0. The monoisotopic (exact) mass is 450 g/mol. The van der Waals surface area contributed by atoms with Crippen molar-refractivity contribution in [2.75, 3.05) is 11.9 Å². The molecule has 0 spiro atoms. The fraction of sp³-hybridized carbons (Fsp3) is 0.320. The third-order valence-electron chi connectivity index (χ3n) is 5.27. The largest absolute Gasteiger partial charge is 0.451 e. The van der Waals surface area contributed by atoms with E-state index in [-0.39, 0.29) is 46.4 Å². The Bertz CT molecular complexity index is 1120. The average molecular weight is 450 g/mol. The van der Waals surface area contributed by atoms with Gasteiger partial charge in [-0.2, -0.15) is 0 Å². The molecule has 0 heterocycles. The van der Waals surface area contributed by atoms with E-state index in [0.29, 0.717) is 24.3 Å². The third-order valence-corrected chi connectivity index (χ3v) is 5.27. The van der Waals surface area contributed by atoms with Crippen molar-refractivity contribution in [3.63, 3.8) is 0 Å². The smallest absolute Gasteiger partial charge is 0.326 e. The molecular formula is C25H26N2O6. The van der Waals surface area contributed by atoms with E-state index in [9.17, 15) is 24.0 Å². The normalized spacial score (nSPS) is 13.1. The molecule has 0 fully saturated rings. The summed E-state index contributed by atoms with van der Waals surface area (Å²) in [6.07, 6.45) is -0.175. The van der Waals surface area contributed by atoms with Gasteiger partial charge < -0.3 is 15.4 Å². The highest BCUT2D eigenvalue weighted by Gasteiger charge is 2.32. The van der Waals surface area contributed by atoms with E-state index < -0.39 is 18.0 Å². The number of ether oxygens (including phenoxy) is 1. The SMILES string of the molecule is CC(C)CCC(=O)NCC(=O)OC(C)C(=O)Nc1cccc2c1C(=O)c1ccccc1C2=O. The van der Waals surface area contributed by atoms with Crippen molar-refractivity contribution < 1.29 is 28.7 Å². The molecule has 33 heavy (non-hydrogen) atoms. The maximum atomic E-state index is 13.0. The molecule has 1 aliphatic carbocycles. The van der Waals surface area contributed by atoms with Crippen LogP contribution in [0.2, 0.25) is 0 Å². The van der Waals surface area contributed by atoms with E-state index in [0.717, 1.165) is 0 Å². The first kappa shape index (κ1) is 23.8. The summed E-state index contributed by atoms with van der Waals surface area (Å²) in [5.41, 5.74) is 1.05. The fourth-order valence-electron chi connectivity index (χ4n) is 3.45. The minimum absolute atomic E-state index is 0.102. The predicted octanol–water partition coefficient (Wildman–Crippen LogP) is 2.88. The maximum Gasteiger partial charge on any atom is 0.326 e. The van der Waals surface area contributed by atoms with Crippen LogP contribution in [-0.4, -0.2) is 42.0 Å². The zero-order valence-corrected chi connectivity index (χ0v) is 18.8. The first-order valence-corrected chi connectivity index (χ1v) is 10.8. The number of carbonyl (C=O) groups is 5. The Balaban J connectivity index is 1.64. The number of benzene rings is 2. The lowest BCUT2D eigenvalue weighted by Crippen LogP contribution is -2.36. The van der Waals surface area contributed by atoms with Gasteiger partial charge in [-0.3, -0.25) is 24.0 Å². The molecule has 2 N–H and O–H groups in total. The van der Waals surface area contributed by atoms with Crippen molar-refractivity contribution >= 4 is 35.0 Å². The molecule has 0 aliphatic heterocycles. The van der Waals surface area contributed by atoms with Gasteiger partial charge in [0.25, 0.3) is 5.91 Å². The lowest BCUT2D eigenvalue weighted by Gasteiger charge is -2.21. The standard InChI is InChI=1S/C25H26N2O6/c1-14(2)11-12-20(28)26-13-21(29)33-15(3)25(32)27-19-10-6-9-18-22(19)24(31)17-8-5-4-7-16(17)23(18)30/h4-10,14-15H,11-13H2,1-3H3,(H,26,28)(H,27,32). The number of carbonyl (C=O) groups excluding carboxylic acids is 5. The summed E-state index contributed by atoms with van der Waals surface area (Å²) < 4.78 is 5.09. The van der Waals surface area contributed by atoms with Crippen LogP contribution in [0.5, 0.6) is 0 Å². The second kappa shape index (κ2) is 10.2. The van der Waals surface area contributed by atoms with Crippen LogP contribution in [0, 0.1) is 5.92 Å². The zero-order chi connectivity index (χ0) is 24.1. The number of fused-ring (bicyclic) bond motifs is 2. The van der Waals surface area contributed by atoms with Crippen molar-refractivity contribution in [2.45, 2.75) is 39.7 Å².